The minimum absolute atomic E-state index is 0.0645. The molecule has 6 heteroatoms. The van der Waals surface area contributed by atoms with E-state index in [0.29, 0.717) is 13.0 Å². The number of carbonyl (C=O) groups is 3. The van der Waals surface area contributed by atoms with Crippen molar-refractivity contribution in [3.63, 3.8) is 0 Å². The van der Waals surface area contributed by atoms with Crippen molar-refractivity contribution in [1.29, 1.82) is 0 Å². The highest BCUT2D eigenvalue weighted by molar-refractivity contribution is 5.98. The van der Waals surface area contributed by atoms with E-state index in [2.05, 4.69) is 13.0 Å². The molecule has 39 heavy (non-hydrogen) atoms. The molecule has 2 N–H and O–H groups in total. The number of ether oxygens (including phenoxy) is 1. The number of rotatable bonds is 9. The Morgan fingerprint density at radius 1 is 0.897 bits per heavy atom. The van der Waals surface area contributed by atoms with Crippen molar-refractivity contribution >= 4 is 35.4 Å². The maximum Gasteiger partial charge on any atom is 0.227 e. The van der Waals surface area contributed by atoms with E-state index in [0.717, 1.165) is 41.8 Å². The predicted molar refractivity (Wildman–Crippen MR) is 164 cm³/mol. The SMILES string of the molecule is CC.CC.CCCCOC(C)(C)CC(C)=O.NC(=O)CCC(=O)N1Cc2ccccc2/C=C\c2ccccc21. The Balaban J connectivity index is 0.000000769. The number of nitrogens with two attached hydrogens (primary N) is 1. The third kappa shape index (κ3) is 13.9. The summed E-state index contributed by atoms with van der Waals surface area (Å²) >= 11 is 0. The van der Waals surface area contributed by atoms with Crippen molar-refractivity contribution < 1.29 is 19.1 Å². The van der Waals surface area contributed by atoms with Gasteiger partial charge in [0, 0.05) is 25.9 Å². The number of primary amides is 1. The van der Waals surface area contributed by atoms with Gasteiger partial charge in [-0.15, -0.1) is 0 Å². The van der Waals surface area contributed by atoms with Crippen molar-refractivity contribution in [2.24, 2.45) is 5.73 Å². The molecule has 0 spiro atoms. The molecule has 0 unspecified atom stereocenters. The Bertz CT molecular complexity index is 1040. The van der Waals surface area contributed by atoms with E-state index in [1.807, 2.05) is 96.1 Å². The van der Waals surface area contributed by atoms with Crippen LogP contribution in [0.4, 0.5) is 5.69 Å². The van der Waals surface area contributed by atoms with Gasteiger partial charge < -0.3 is 15.4 Å². The van der Waals surface area contributed by atoms with Crippen LogP contribution in [0.25, 0.3) is 12.2 Å². The number of unbranched alkanes of at least 4 members (excludes halogenated alkanes) is 1. The Morgan fingerprint density at radius 2 is 1.46 bits per heavy atom. The van der Waals surface area contributed by atoms with Crippen LogP contribution in [0, 0.1) is 0 Å². The first kappa shape index (κ1) is 35.8. The second kappa shape index (κ2) is 19.8. The second-order valence-corrected chi connectivity index (χ2v) is 9.38. The van der Waals surface area contributed by atoms with Gasteiger partial charge in [0.05, 0.1) is 17.8 Å². The molecule has 2 aromatic rings. The number of hydrogen-bond donors (Lipinski definition) is 1. The minimum atomic E-state index is -0.459. The molecule has 1 heterocycles. The van der Waals surface area contributed by atoms with Crippen molar-refractivity contribution in [3.8, 4) is 0 Å². The van der Waals surface area contributed by atoms with Crippen LogP contribution in [0.15, 0.2) is 48.5 Å². The highest BCUT2D eigenvalue weighted by Gasteiger charge is 2.21. The highest BCUT2D eigenvalue weighted by atomic mass is 16.5. The lowest BCUT2D eigenvalue weighted by Gasteiger charge is -2.27. The molecule has 0 atom stereocenters. The number of nitrogens with zero attached hydrogens (tertiary/aromatic N) is 1. The fourth-order valence-electron chi connectivity index (χ4n) is 3.88. The monoisotopic (exact) mass is 538 g/mol. The lowest BCUT2D eigenvalue weighted by atomic mass is 10.0. The molecule has 3 rings (SSSR count). The fourth-order valence-corrected chi connectivity index (χ4v) is 3.88. The number of carbonyl (C=O) groups excluding carboxylic acids is 3. The van der Waals surface area contributed by atoms with Crippen LogP contribution < -0.4 is 10.6 Å². The zero-order valence-corrected chi connectivity index (χ0v) is 25.4. The molecule has 0 fully saturated rings. The number of anilines is 1. The quantitative estimate of drug-likeness (QED) is 0.333. The lowest BCUT2D eigenvalue weighted by Crippen LogP contribution is -2.32. The zero-order valence-electron chi connectivity index (χ0n) is 25.4. The maximum atomic E-state index is 12.6. The van der Waals surface area contributed by atoms with Crippen LogP contribution in [0.5, 0.6) is 0 Å². The fraction of sp³-hybridized carbons (Fsp3) is 0.485. The average Bonchev–Trinajstić information content (AvgIpc) is 2.90. The molecule has 2 amide bonds. The molecule has 2 aromatic carbocycles. The topological polar surface area (TPSA) is 89.7 Å². The van der Waals surface area contributed by atoms with Gasteiger partial charge in [-0.1, -0.05) is 95.7 Å². The zero-order chi connectivity index (χ0) is 29.8. The molecular weight excluding hydrogens is 488 g/mol. The molecule has 1 aliphatic heterocycles. The molecule has 0 aromatic heterocycles. The van der Waals surface area contributed by atoms with Gasteiger partial charge in [0.2, 0.25) is 11.8 Å². The lowest BCUT2D eigenvalue weighted by molar-refractivity contribution is -0.123. The van der Waals surface area contributed by atoms with E-state index in [1.165, 1.54) is 0 Å². The Kier molecular flexibility index (Phi) is 18.1. The number of Topliss-reactive ketones (excluding diaryl/α,β-unsaturated/α-hetero) is 1. The first-order chi connectivity index (χ1) is 18.6. The molecule has 216 valence electrons. The molecule has 0 bridgehead atoms. The smallest absolute Gasteiger partial charge is 0.227 e. The molecule has 0 saturated heterocycles. The summed E-state index contributed by atoms with van der Waals surface area (Å²) in [5.41, 5.74) is 8.90. The average molecular weight is 539 g/mol. The van der Waals surface area contributed by atoms with Gasteiger partial charge in [0.1, 0.15) is 5.78 Å². The van der Waals surface area contributed by atoms with E-state index >= 15 is 0 Å². The van der Waals surface area contributed by atoms with E-state index in [1.54, 1.807) is 11.8 Å². The second-order valence-electron chi connectivity index (χ2n) is 9.38. The van der Waals surface area contributed by atoms with E-state index in [4.69, 9.17) is 10.5 Å². The van der Waals surface area contributed by atoms with Crippen molar-refractivity contribution in [3.05, 3.63) is 65.2 Å². The summed E-state index contributed by atoms with van der Waals surface area (Å²) in [6, 6.07) is 15.8. The Labute approximate surface area is 236 Å². The molecule has 6 nitrogen and oxygen atoms in total. The third-order valence-corrected chi connectivity index (χ3v) is 5.61. The number of benzene rings is 2. The van der Waals surface area contributed by atoms with Gasteiger partial charge in [-0.25, -0.2) is 0 Å². The molecule has 0 radical (unpaired) electrons. The standard InChI is InChI=1S/C19H18N2O2.C10H20O2.2C2H6/c20-18(22)11-12-19(23)21-13-16-7-2-1-5-14(16)9-10-15-6-3-4-8-17(15)21;1-5-6-7-12-10(3,4)8-9(2)11;2*1-2/h1-10H,11-13H2,(H2,20,22);5-8H2,1-4H3;2*1-2H3/b10-9-;;;. The molecule has 0 aliphatic carbocycles. The Hall–Kier alpha value is -3.25. The number of hydrogen-bond acceptors (Lipinski definition) is 4. The summed E-state index contributed by atoms with van der Waals surface area (Å²) in [5.74, 6) is -0.364. The van der Waals surface area contributed by atoms with E-state index in [-0.39, 0.29) is 30.1 Å². The molecule has 0 saturated carbocycles. The summed E-state index contributed by atoms with van der Waals surface area (Å²) in [4.78, 5) is 36.2. The first-order valence-corrected chi connectivity index (χ1v) is 14.2. The number of amides is 2. The third-order valence-electron chi connectivity index (χ3n) is 5.61. The Morgan fingerprint density at radius 3 is 2.05 bits per heavy atom. The van der Waals surface area contributed by atoms with Crippen molar-refractivity contribution in [2.45, 2.75) is 99.6 Å². The molecule has 1 aliphatic rings. The number of para-hydroxylation sites is 1. The number of ketones is 1. The first-order valence-electron chi connectivity index (χ1n) is 14.2. The normalized spacial score (nSPS) is 12.3. The van der Waals surface area contributed by atoms with E-state index in [9.17, 15) is 14.4 Å². The van der Waals surface area contributed by atoms with Crippen LogP contribution in [0.3, 0.4) is 0 Å². The van der Waals surface area contributed by atoms with Gasteiger partial charge in [-0.3, -0.25) is 14.4 Å². The van der Waals surface area contributed by atoms with E-state index < -0.39 is 5.91 Å². The van der Waals surface area contributed by atoms with Crippen LogP contribution in [0.2, 0.25) is 0 Å². The maximum absolute atomic E-state index is 12.6. The summed E-state index contributed by atoms with van der Waals surface area (Å²) in [6.45, 7) is 16.9. The van der Waals surface area contributed by atoms with Gasteiger partial charge in [-0.05, 0) is 49.9 Å². The van der Waals surface area contributed by atoms with Crippen molar-refractivity contribution in [2.75, 3.05) is 11.5 Å². The molecular formula is C33H50N2O4. The van der Waals surface area contributed by atoms with Gasteiger partial charge >= 0.3 is 0 Å². The van der Waals surface area contributed by atoms with Gasteiger partial charge in [0.15, 0.2) is 0 Å². The number of fused-ring (bicyclic) bond motifs is 2. The minimum Gasteiger partial charge on any atom is -0.375 e. The van der Waals surface area contributed by atoms with Crippen LogP contribution in [0.1, 0.15) is 104 Å². The largest absolute Gasteiger partial charge is 0.375 e. The summed E-state index contributed by atoms with van der Waals surface area (Å²) < 4.78 is 5.56. The summed E-state index contributed by atoms with van der Waals surface area (Å²) in [5, 5.41) is 0. The van der Waals surface area contributed by atoms with Crippen molar-refractivity contribution in [1.82, 2.24) is 0 Å². The van der Waals surface area contributed by atoms with Gasteiger partial charge in [-0.2, -0.15) is 0 Å². The van der Waals surface area contributed by atoms with Crippen LogP contribution >= 0.6 is 0 Å². The summed E-state index contributed by atoms with van der Waals surface area (Å²) in [6.07, 6.45) is 6.99. The van der Waals surface area contributed by atoms with Crippen LogP contribution in [-0.4, -0.2) is 29.8 Å². The predicted octanol–water partition coefficient (Wildman–Crippen LogP) is 7.58. The summed E-state index contributed by atoms with van der Waals surface area (Å²) in [7, 11) is 0. The van der Waals surface area contributed by atoms with Gasteiger partial charge in [0.25, 0.3) is 0 Å². The highest BCUT2D eigenvalue weighted by Crippen LogP contribution is 2.29. The van der Waals surface area contributed by atoms with Crippen LogP contribution in [-0.2, 0) is 25.7 Å².